The molecule has 26 heavy (non-hydrogen) atoms. The molecular weight excluding hydrogens is 334 g/mol. The number of hydrogen-bond acceptors (Lipinski definition) is 4. The van der Waals surface area contributed by atoms with Crippen LogP contribution in [0.1, 0.15) is 43.2 Å². The fourth-order valence-corrected chi connectivity index (χ4v) is 2.44. The molecule has 0 aliphatic rings. The summed E-state index contributed by atoms with van der Waals surface area (Å²) < 4.78 is 7.20. The van der Waals surface area contributed by atoms with Crippen LogP contribution < -0.4 is 5.32 Å². The quantitative estimate of drug-likeness (QED) is 0.792. The van der Waals surface area contributed by atoms with E-state index in [2.05, 4.69) is 10.4 Å². The Hall–Kier alpha value is -2.67. The minimum absolute atomic E-state index is 0.185. The first-order chi connectivity index (χ1) is 12.2. The van der Waals surface area contributed by atoms with Gasteiger partial charge in [0.05, 0.1) is 28.7 Å². The largest absolute Gasteiger partial charge is 0.480 e. The van der Waals surface area contributed by atoms with Gasteiger partial charge in [-0.15, -0.1) is 0 Å². The van der Waals surface area contributed by atoms with Gasteiger partial charge in [-0.25, -0.2) is 9.48 Å². The van der Waals surface area contributed by atoms with Gasteiger partial charge in [0.25, 0.3) is 5.91 Å². The summed E-state index contributed by atoms with van der Waals surface area (Å²) in [6.07, 6.45) is 1.63. The molecule has 2 aromatic rings. The molecule has 2 N–H and O–H groups in total. The predicted molar refractivity (Wildman–Crippen MR) is 97.5 cm³/mol. The van der Waals surface area contributed by atoms with Gasteiger partial charge >= 0.3 is 5.97 Å². The van der Waals surface area contributed by atoms with Crippen LogP contribution in [0.4, 0.5) is 0 Å². The van der Waals surface area contributed by atoms with Crippen molar-refractivity contribution in [3.05, 3.63) is 47.8 Å². The smallest absolute Gasteiger partial charge is 0.326 e. The summed E-state index contributed by atoms with van der Waals surface area (Å²) in [6, 6.07) is 8.39. The maximum absolute atomic E-state index is 12.5. The van der Waals surface area contributed by atoms with E-state index in [1.54, 1.807) is 11.6 Å². The monoisotopic (exact) mass is 359 g/mol. The Morgan fingerprint density at radius 2 is 1.92 bits per heavy atom. The molecule has 0 saturated carbocycles. The van der Waals surface area contributed by atoms with Crippen LogP contribution in [-0.4, -0.2) is 45.0 Å². The molecule has 7 nitrogen and oxygen atoms in total. The molecule has 1 atom stereocenters. The van der Waals surface area contributed by atoms with E-state index in [4.69, 9.17) is 4.74 Å². The lowest BCUT2D eigenvalue weighted by Gasteiger charge is -2.21. The molecule has 0 bridgehead atoms. The Bertz CT molecular complexity index is 763. The number of rotatable bonds is 7. The summed E-state index contributed by atoms with van der Waals surface area (Å²) in [4.78, 5) is 24.0. The number of ether oxygens (including phenoxy) is 1. The van der Waals surface area contributed by atoms with Gasteiger partial charge in [-0.2, -0.15) is 5.10 Å². The molecule has 7 heteroatoms. The first-order valence-electron chi connectivity index (χ1n) is 8.47. The molecule has 0 aliphatic heterocycles. The van der Waals surface area contributed by atoms with Crippen molar-refractivity contribution in [1.82, 2.24) is 15.1 Å². The van der Waals surface area contributed by atoms with Gasteiger partial charge in [-0.3, -0.25) is 4.79 Å². The Labute approximate surface area is 153 Å². The van der Waals surface area contributed by atoms with E-state index in [0.717, 1.165) is 5.69 Å². The number of carboxylic acid groups (broad SMARTS) is 1. The van der Waals surface area contributed by atoms with E-state index >= 15 is 0 Å². The highest BCUT2D eigenvalue weighted by Crippen LogP contribution is 2.14. The molecule has 1 aromatic heterocycles. The van der Waals surface area contributed by atoms with E-state index in [1.165, 1.54) is 6.20 Å². The number of carbonyl (C=O) groups excluding carboxylic acids is 1. The fourth-order valence-electron chi connectivity index (χ4n) is 2.44. The first-order valence-corrected chi connectivity index (χ1v) is 8.47. The van der Waals surface area contributed by atoms with Crippen LogP contribution in [-0.2, 0) is 9.53 Å². The molecule has 1 amide bonds. The average molecular weight is 359 g/mol. The minimum Gasteiger partial charge on any atom is -0.480 e. The van der Waals surface area contributed by atoms with Crippen molar-refractivity contribution in [3.63, 3.8) is 0 Å². The van der Waals surface area contributed by atoms with Crippen molar-refractivity contribution < 1.29 is 19.4 Å². The predicted octanol–water partition coefficient (Wildman–Crippen LogP) is 2.57. The molecule has 1 unspecified atom stereocenters. The van der Waals surface area contributed by atoms with Crippen molar-refractivity contribution in [2.45, 2.75) is 45.8 Å². The maximum Gasteiger partial charge on any atom is 0.326 e. The number of carboxylic acids is 1. The molecule has 1 aromatic carbocycles. The van der Waals surface area contributed by atoms with Gasteiger partial charge in [-0.1, -0.05) is 18.2 Å². The van der Waals surface area contributed by atoms with Crippen molar-refractivity contribution in [1.29, 1.82) is 0 Å². The third kappa shape index (κ3) is 5.16. The third-order valence-corrected chi connectivity index (χ3v) is 3.80. The van der Waals surface area contributed by atoms with Gasteiger partial charge in [-0.05, 0) is 39.8 Å². The van der Waals surface area contributed by atoms with Crippen LogP contribution in [0, 0.1) is 6.92 Å². The van der Waals surface area contributed by atoms with Crippen LogP contribution in [0.25, 0.3) is 5.69 Å². The van der Waals surface area contributed by atoms with Gasteiger partial charge in [0, 0.05) is 13.0 Å². The summed E-state index contributed by atoms with van der Waals surface area (Å²) in [5.74, 6) is -1.56. The fraction of sp³-hybridized carbons (Fsp3) is 0.421. The number of hydrogen-bond donors (Lipinski definition) is 2. The van der Waals surface area contributed by atoms with Gasteiger partial charge in [0.1, 0.15) is 6.04 Å². The molecule has 140 valence electrons. The number of nitrogens with zero attached hydrogens (tertiary/aromatic N) is 2. The van der Waals surface area contributed by atoms with Crippen molar-refractivity contribution >= 4 is 11.9 Å². The average Bonchev–Trinajstić information content (AvgIpc) is 2.95. The molecule has 0 aliphatic carbocycles. The first kappa shape index (κ1) is 19.7. The molecular formula is C19H25N3O4. The van der Waals surface area contributed by atoms with E-state index in [-0.39, 0.29) is 18.6 Å². The lowest BCUT2D eigenvalue weighted by Crippen LogP contribution is -2.42. The SMILES string of the molecule is Cc1c(C(=O)NC(CCOC(C)(C)C)C(=O)O)cnn1-c1ccccc1. The van der Waals surface area contributed by atoms with Crippen LogP contribution in [0.3, 0.4) is 0 Å². The number of para-hydroxylation sites is 1. The Morgan fingerprint density at radius 1 is 1.27 bits per heavy atom. The van der Waals surface area contributed by atoms with Crippen molar-refractivity contribution in [2.75, 3.05) is 6.61 Å². The molecule has 0 fully saturated rings. The number of aromatic nitrogens is 2. The van der Waals surface area contributed by atoms with Gasteiger partial charge in [0.15, 0.2) is 0 Å². The van der Waals surface area contributed by atoms with Gasteiger partial charge < -0.3 is 15.2 Å². The molecule has 0 radical (unpaired) electrons. The molecule has 1 heterocycles. The second-order valence-corrected chi connectivity index (χ2v) is 7.00. The zero-order valence-electron chi connectivity index (χ0n) is 15.5. The summed E-state index contributed by atoms with van der Waals surface area (Å²) in [7, 11) is 0. The van der Waals surface area contributed by atoms with Crippen LogP contribution >= 0.6 is 0 Å². The van der Waals surface area contributed by atoms with Gasteiger partial charge in [0.2, 0.25) is 0 Å². The summed E-state index contributed by atoms with van der Waals surface area (Å²) in [5, 5.41) is 16.2. The zero-order valence-corrected chi connectivity index (χ0v) is 15.5. The highest BCUT2D eigenvalue weighted by atomic mass is 16.5. The highest BCUT2D eigenvalue weighted by molar-refractivity contribution is 5.97. The summed E-state index contributed by atoms with van der Waals surface area (Å²) >= 11 is 0. The maximum atomic E-state index is 12.5. The topological polar surface area (TPSA) is 93.4 Å². The molecule has 2 rings (SSSR count). The Balaban J connectivity index is 2.08. The van der Waals surface area contributed by atoms with Crippen LogP contribution in [0.2, 0.25) is 0 Å². The summed E-state index contributed by atoms with van der Waals surface area (Å²) in [5.41, 5.74) is 1.46. The van der Waals surface area contributed by atoms with E-state index in [9.17, 15) is 14.7 Å². The van der Waals surface area contributed by atoms with Crippen molar-refractivity contribution in [3.8, 4) is 5.69 Å². The van der Waals surface area contributed by atoms with E-state index < -0.39 is 17.9 Å². The number of nitrogens with one attached hydrogen (secondary N) is 1. The third-order valence-electron chi connectivity index (χ3n) is 3.80. The highest BCUT2D eigenvalue weighted by Gasteiger charge is 2.24. The second kappa shape index (κ2) is 8.14. The number of amides is 1. The second-order valence-electron chi connectivity index (χ2n) is 7.00. The van der Waals surface area contributed by atoms with E-state index in [1.807, 2.05) is 51.1 Å². The lowest BCUT2D eigenvalue weighted by atomic mass is 10.1. The standard InChI is InChI=1S/C19H25N3O4/c1-13-15(12-20-22(13)14-8-6-5-7-9-14)17(23)21-16(18(24)25)10-11-26-19(2,3)4/h5-9,12,16H,10-11H2,1-4H3,(H,21,23)(H,24,25). The summed E-state index contributed by atoms with van der Waals surface area (Å²) in [6.45, 7) is 7.68. The van der Waals surface area contributed by atoms with E-state index in [0.29, 0.717) is 11.3 Å². The normalized spacial score (nSPS) is 12.6. The Kier molecular flexibility index (Phi) is 6.15. The zero-order chi connectivity index (χ0) is 19.3. The van der Waals surface area contributed by atoms with Crippen molar-refractivity contribution in [2.24, 2.45) is 0 Å². The van der Waals surface area contributed by atoms with Crippen LogP contribution in [0.5, 0.6) is 0 Å². The Morgan fingerprint density at radius 3 is 2.50 bits per heavy atom. The molecule has 0 saturated heterocycles. The molecule has 0 spiro atoms. The number of benzene rings is 1. The minimum atomic E-state index is -1.09. The number of aliphatic carboxylic acids is 1. The lowest BCUT2D eigenvalue weighted by molar-refractivity contribution is -0.140. The number of carbonyl (C=O) groups is 2. The van der Waals surface area contributed by atoms with Crippen LogP contribution in [0.15, 0.2) is 36.5 Å².